The van der Waals surface area contributed by atoms with E-state index in [1.54, 1.807) is 22.7 Å². The Morgan fingerprint density at radius 1 is 1.40 bits per heavy atom. The Labute approximate surface area is 96.2 Å². The van der Waals surface area contributed by atoms with Crippen LogP contribution in [-0.4, -0.2) is 16.0 Å². The van der Waals surface area contributed by atoms with Crippen molar-refractivity contribution < 1.29 is 0 Å². The first kappa shape index (κ1) is 9.45. The van der Waals surface area contributed by atoms with Crippen molar-refractivity contribution in [3.8, 4) is 10.7 Å². The van der Waals surface area contributed by atoms with Crippen molar-refractivity contribution in [2.24, 2.45) is 0 Å². The average Bonchev–Trinajstić information content (AvgIpc) is 2.78. The van der Waals surface area contributed by atoms with E-state index in [1.165, 1.54) is 12.8 Å². The Morgan fingerprint density at radius 2 is 2.33 bits per heavy atom. The Balaban J connectivity index is 1.69. The van der Waals surface area contributed by atoms with Gasteiger partial charge in [-0.15, -0.1) is 22.7 Å². The van der Waals surface area contributed by atoms with E-state index in [9.17, 15) is 0 Å². The Morgan fingerprint density at radius 3 is 3.07 bits per heavy atom. The zero-order valence-electron chi connectivity index (χ0n) is 8.14. The van der Waals surface area contributed by atoms with Crippen LogP contribution in [-0.2, 0) is 6.54 Å². The molecule has 3 nitrogen and oxygen atoms in total. The summed E-state index contributed by atoms with van der Waals surface area (Å²) in [5.41, 5.74) is 1.02. The van der Waals surface area contributed by atoms with Gasteiger partial charge in [0.05, 0.1) is 0 Å². The van der Waals surface area contributed by atoms with Gasteiger partial charge in [0.25, 0.3) is 0 Å². The van der Waals surface area contributed by atoms with Crippen LogP contribution in [0.25, 0.3) is 10.7 Å². The highest BCUT2D eigenvalue weighted by atomic mass is 32.1. The van der Waals surface area contributed by atoms with Crippen molar-refractivity contribution in [1.82, 2.24) is 15.3 Å². The van der Waals surface area contributed by atoms with Gasteiger partial charge in [0.15, 0.2) is 0 Å². The van der Waals surface area contributed by atoms with Crippen molar-refractivity contribution in [3.63, 3.8) is 0 Å². The van der Waals surface area contributed by atoms with Crippen LogP contribution in [0.3, 0.4) is 0 Å². The molecule has 5 heteroatoms. The second-order valence-corrected chi connectivity index (χ2v) is 5.46. The highest BCUT2D eigenvalue weighted by Gasteiger charge is 2.20. The summed E-state index contributed by atoms with van der Waals surface area (Å²) in [6.45, 7) is 0.903. The van der Waals surface area contributed by atoms with E-state index in [2.05, 4.69) is 20.7 Å². The molecule has 0 atom stereocenters. The van der Waals surface area contributed by atoms with Gasteiger partial charge in [-0.3, -0.25) is 0 Å². The fourth-order valence-corrected chi connectivity index (χ4v) is 2.76. The summed E-state index contributed by atoms with van der Waals surface area (Å²) < 4.78 is 0. The fraction of sp³-hybridized carbons (Fsp3) is 0.400. The summed E-state index contributed by atoms with van der Waals surface area (Å²) in [7, 11) is 0. The maximum absolute atomic E-state index is 4.56. The summed E-state index contributed by atoms with van der Waals surface area (Å²) >= 11 is 3.35. The van der Waals surface area contributed by atoms with Crippen molar-refractivity contribution >= 4 is 22.7 Å². The smallest absolute Gasteiger partial charge is 0.142 e. The van der Waals surface area contributed by atoms with Gasteiger partial charge >= 0.3 is 0 Å². The Hall–Kier alpha value is -0.780. The molecule has 0 bridgehead atoms. The third-order valence-corrected chi connectivity index (χ3v) is 3.97. The maximum atomic E-state index is 4.56. The lowest BCUT2D eigenvalue weighted by atomic mass is 10.5. The summed E-state index contributed by atoms with van der Waals surface area (Å²) in [5, 5.41) is 9.71. The Bertz CT molecular complexity index is 431. The molecule has 0 unspecified atom stereocenters. The topological polar surface area (TPSA) is 37.8 Å². The minimum atomic E-state index is 0.747. The van der Waals surface area contributed by atoms with Crippen molar-refractivity contribution in [1.29, 1.82) is 0 Å². The van der Waals surface area contributed by atoms with Crippen molar-refractivity contribution in [2.45, 2.75) is 25.4 Å². The van der Waals surface area contributed by atoms with Crippen LogP contribution in [0.5, 0.6) is 0 Å². The molecule has 1 aliphatic carbocycles. The largest absolute Gasteiger partial charge is 0.308 e. The molecule has 1 saturated carbocycles. The normalized spacial score (nSPS) is 15.7. The molecule has 0 aliphatic heterocycles. The van der Waals surface area contributed by atoms with E-state index >= 15 is 0 Å². The standard InChI is InChI=1S/C10H11N3S2/c1-2-7(1)12-5-9-13-8(6-15-9)10-11-3-4-14-10/h3-4,6-7,12H,1-2,5H2. The fourth-order valence-electron chi connectivity index (χ4n) is 1.36. The molecule has 0 saturated heterocycles. The van der Waals surface area contributed by atoms with E-state index in [0.717, 1.165) is 28.3 Å². The third-order valence-electron chi connectivity index (χ3n) is 2.32. The predicted octanol–water partition coefficient (Wildman–Crippen LogP) is 2.52. The molecule has 3 rings (SSSR count). The summed E-state index contributed by atoms with van der Waals surface area (Å²) in [6, 6.07) is 0.747. The third kappa shape index (κ3) is 2.25. The van der Waals surface area contributed by atoms with Crippen LogP contribution in [0.4, 0.5) is 0 Å². The van der Waals surface area contributed by atoms with Gasteiger partial charge in [-0.1, -0.05) is 0 Å². The number of hydrogen-bond acceptors (Lipinski definition) is 5. The van der Waals surface area contributed by atoms with Gasteiger partial charge in [0, 0.05) is 29.5 Å². The number of aromatic nitrogens is 2. The molecule has 15 heavy (non-hydrogen) atoms. The van der Waals surface area contributed by atoms with Gasteiger partial charge < -0.3 is 5.32 Å². The highest BCUT2D eigenvalue weighted by molar-refractivity contribution is 7.14. The second kappa shape index (κ2) is 4.00. The highest BCUT2D eigenvalue weighted by Crippen LogP contribution is 2.24. The maximum Gasteiger partial charge on any atom is 0.142 e. The summed E-state index contributed by atoms with van der Waals surface area (Å²) in [6.07, 6.45) is 4.47. The molecule has 1 N–H and O–H groups in total. The van der Waals surface area contributed by atoms with E-state index in [-0.39, 0.29) is 0 Å². The van der Waals surface area contributed by atoms with Crippen molar-refractivity contribution in [2.75, 3.05) is 0 Å². The molecule has 0 amide bonds. The van der Waals surface area contributed by atoms with Gasteiger partial charge in [-0.05, 0) is 12.8 Å². The molecule has 78 valence electrons. The second-order valence-electron chi connectivity index (χ2n) is 3.62. The molecule has 2 aromatic rings. The number of nitrogens with one attached hydrogen (secondary N) is 1. The van der Waals surface area contributed by atoms with E-state index in [1.807, 2.05) is 11.6 Å². The average molecular weight is 237 g/mol. The van der Waals surface area contributed by atoms with Gasteiger partial charge in [0.2, 0.25) is 0 Å². The number of nitrogens with zero attached hydrogens (tertiary/aromatic N) is 2. The molecule has 1 fully saturated rings. The monoisotopic (exact) mass is 237 g/mol. The van der Waals surface area contributed by atoms with Crippen LogP contribution < -0.4 is 5.32 Å². The van der Waals surface area contributed by atoms with E-state index < -0.39 is 0 Å². The first-order valence-corrected chi connectivity index (χ1v) is 6.75. The number of thiazole rings is 2. The Kier molecular flexibility index (Phi) is 2.52. The lowest BCUT2D eigenvalue weighted by Crippen LogP contribution is -2.14. The SMILES string of the molecule is c1csc(-c2csc(CNC3CC3)n2)n1. The molecule has 0 spiro atoms. The number of rotatable bonds is 4. The lowest BCUT2D eigenvalue weighted by molar-refractivity contribution is 0.685. The molecular weight excluding hydrogens is 226 g/mol. The van der Waals surface area contributed by atoms with Gasteiger partial charge in [-0.2, -0.15) is 0 Å². The van der Waals surface area contributed by atoms with E-state index in [4.69, 9.17) is 0 Å². The zero-order chi connectivity index (χ0) is 10.1. The van der Waals surface area contributed by atoms with Gasteiger partial charge in [0.1, 0.15) is 15.7 Å². The minimum absolute atomic E-state index is 0.747. The number of hydrogen-bond donors (Lipinski definition) is 1. The quantitative estimate of drug-likeness (QED) is 0.888. The van der Waals surface area contributed by atoms with Crippen molar-refractivity contribution in [3.05, 3.63) is 22.0 Å². The molecule has 2 heterocycles. The first-order valence-electron chi connectivity index (χ1n) is 4.99. The van der Waals surface area contributed by atoms with Crippen LogP contribution in [0.15, 0.2) is 17.0 Å². The molecule has 0 aromatic carbocycles. The zero-order valence-corrected chi connectivity index (χ0v) is 9.77. The summed E-state index contributed by atoms with van der Waals surface area (Å²) in [5.74, 6) is 0. The van der Waals surface area contributed by atoms with Crippen LogP contribution in [0.2, 0.25) is 0 Å². The molecule has 1 aliphatic rings. The van der Waals surface area contributed by atoms with Crippen LogP contribution >= 0.6 is 22.7 Å². The minimum Gasteiger partial charge on any atom is -0.308 e. The van der Waals surface area contributed by atoms with E-state index in [0.29, 0.717) is 0 Å². The molecular formula is C10H11N3S2. The van der Waals surface area contributed by atoms with Crippen LogP contribution in [0.1, 0.15) is 17.8 Å². The first-order chi connectivity index (χ1) is 7.42. The molecule has 2 aromatic heterocycles. The predicted molar refractivity (Wildman–Crippen MR) is 63.1 cm³/mol. The summed E-state index contributed by atoms with van der Waals surface area (Å²) in [4.78, 5) is 8.81. The lowest BCUT2D eigenvalue weighted by Gasteiger charge is -1.96. The van der Waals surface area contributed by atoms with Crippen LogP contribution in [0, 0.1) is 0 Å². The molecule has 0 radical (unpaired) electrons. The van der Waals surface area contributed by atoms with Gasteiger partial charge in [-0.25, -0.2) is 9.97 Å².